The Kier molecular flexibility index (Phi) is 5.89. The Morgan fingerprint density at radius 3 is 2.71 bits per heavy atom. The van der Waals surface area contributed by atoms with Gasteiger partial charge in [0.1, 0.15) is 5.82 Å². The largest absolute Gasteiger partial charge is 0.465 e. The van der Waals surface area contributed by atoms with Gasteiger partial charge in [0, 0.05) is 17.8 Å². The van der Waals surface area contributed by atoms with Crippen molar-refractivity contribution in [3.63, 3.8) is 0 Å². The van der Waals surface area contributed by atoms with Gasteiger partial charge in [0.05, 0.1) is 18.4 Å². The predicted octanol–water partition coefficient (Wildman–Crippen LogP) is 3.14. The summed E-state index contributed by atoms with van der Waals surface area (Å²) in [5.74, 6) is -0.122. The molecule has 0 spiro atoms. The average molecular weight is 327 g/mol. The molecule has 1 amide bonds. The van der Waals surface area contributed by atoms with Crippen LogP contribution in [0.4, 0.5) is 11.5 Å². The third-order valence-electron chi connectivity index (χ3n) is 3.61. The summed E-state index contributed by atoms with van der Waals surface area (Å²) in [7, 11) is 1.33. The summed E-state index contributed by atoms with van der Waals surface area (Å²) in [6.07, 6.45) is 2.41. The van der Waals surface area contributed by atoms with Gasteiger partial charge in [0.2, 0.25) is 0 Å². The van der Waals surface area contributed by atoms with Crippen LogP contribution in [0.25, 0.3) is 0 Å². The van der Waals surface area contributed by atoms with E-state index in [9.17, 15) is 9.59 Å². The predicted molar refractivity (Wildman–Crippen MR) is 92.5 cm³/mol. The van der Waals surface area contributed by atoms with Crippen LogP contribution in [0.5, 0.6) is 0 Å². The summed E-state index contributed by atoms with van der Waals surface area (Å²) in [6.45, 7) is 3.96. The van der Waals surface area contributed by atoms with Gasteiger partial charge in [-0.15, -0.1) is 0 Å². The number of ether oxygens (including phenoxy) is 1. The number of esters is 1. The number of nitrogens with one attached hydrogen (secondary N) is 2. The molecule has 0 bridgehead atoms. The van der Waals surface area contributed by atoms with E-state index in [1.54, 1.807) is 42.6 Å². The van der Waals surface area contributed by atoms with Crippen molar-refractivity contribution in [2.45, 2.75) is 26.3 Å². The summed E-state index contributed by atoms with van der Waals surface area (Å²) in [4.78, 5) is 28.2. The lowest BCUT2D eigenvalue weighted by Gasteiger charge is -2.13. The lowest BCUT2D eigenvalue weighted by atomic mass is 10.1. The molecule has 0 fully saturated rings. The number of carbonyl (C=O) groups excluding carboxylic acids is 2. The topological polar surface area (TPSA) is 80.3 Å². The van der Waals surface area contributed by atoms with E-state index in [-0.39, 0.29) is 11.9 Å². The minimum atomic E-state index is -0.441. The number of pyridine rings is 1. The van der Waals surface area contributed by atoms with Crippen molar-refractivity contribution >= 4 is 23.4 Å². The van der Waals surface area contributed by atoms with E-state index < -0.39 is 5.97 Å². The van der Waals surface area contributed by atoms with Crippen molar-refractivity contribution < 1.29 is 14.3 Å². The Labute approximate surface area is 141 Å². The number of methoxy groups -OCH3 is 1. The summed E-state index contributed by atoms with van der Waals surface area (Å²) in [5, 5.41) is 5.97. The molecular formula is C18H21N3O3. The van der Waals surface area contributed by atoms with E-state index in [4.69, 9.17) is 4.74 Å². The van der Waals surface area contributed by atoms with Crippen molar-refractivity contribution in [1.82, 2.24) is 10.3 Å². The second-order valence-electron chi connectivity index (χ2n) is 5.37. The van der Waals surface area contributed by atoms with Crippen LogP contribution in [-0.2, 0) is 4.74 Å². The maximum absolute atomic E-state index is 12.2. The molecule has 1 atom stereocenters. The number of anilines is 2. The third-order valence-corrected chi connectivity index (χ3v) is 3.61. The second kappa shape index (κ2) is 8.10. The minimum absolute atomic E-state index is 0.0992. The molecule has 126 valence electrons. The van der Waals surface area contributed by atoms with Crippen LogP contribution in [0.15, 0.2) is 42.6 Å². The van der Waals surface area contributed by atoms with Crippen LogP contribution in [-0.4, -0.2) is 30.0 Å². The normalized spacial score (nSPS) is 11.5. The molecule has 0 saturated heterocycles. The van der Waals surface area contributed by atoms with Crippen LogP contribution in [0.2, 0.25) is 0 Å². The van der Waals surface area contributed by atoms with E-state index >= 15 is 0 Å². The van der Waals surface area contributed by atoms with Gasteiger partial charge in [-0.05, 0) is 37.6 Å². The number of amides is 1. The van der Waals surface area contributed by atoms with Crippen LogP contribution >= 0.6 is 0 Å². The Bertz CT molecular complexity index is 731. The van der Waals surface area contributed by atoms with Gasteiger partial charge in [0.25, 0.3) is 5.91 Å². The molecule has 1 aromatic carbocycles. The second-order valence-corrected chi connectivity index (χ2v) is 5.37. The number of aromatic nitrogens is 1. The molecule has 0 aliphatic rings. The summed E-state index contributed by atoms with van der Waals surface area (Å²) in [5.41, 5.74) is 1.47. The highest BCUT2D eigenvalue weighted by atomic mass is 16.5. The average Bonchev–Trinajstić information content (AvgIpc) is 2.61. The highest BCUT2D eigenvalue weighted by Crippen LogP contribution is 2.20. The van der Waals surface area contributed by atoms with Crippen LogP contribution in [0.3, 0.4) is 0 Å². The number of nitrogens with zero attached hydrogens (tertiary/aromatic N) is 1. The molecule has 2 aromatic rings. The Balaban J connectivity index is 2.22. The molecule has 0 saturated carbocycles. The highest BCUT2D eigenvalue weighted by Gasteiger charge is 2.13. The van der Waals surface area contributed by atoms with E-state index in [0.717, 1.165) is 6.42 Å². The van der Waals surface area contributed by atoms with Gasteiger partial charge in [-0.3, -0.25) is 4.79 Å². The summed E-state index contributed by atoms with van der Waals surface area (Å²) < 4.78 is 4.77. The van der Waals surface area contributed by atoms with Crippen molar-refractivity contribution in [2.75, 3.05) is 12.4 Å². The lowest BCUT2D eigenvalue weighted by Crippen LogP contribution is -2.31. The van der Waals surface area contributed by atoms with Gasteiger partial charge in [-0.1, -0.05) is 19.1 Å². The monoisotopic (exact) mass is 327 g/mol. The van der Waals surface area contributed by atoms with E-state index in [2.05, 4.69) is 15.6 Å². The molecule has 1 heterocycles. The smallest absolute Gasteiger partial charge is 0.339 e. The van der Waals surface area contributed by atoms with E-state index in [0.29, 0.717) is 22.6 Å². The molecule has 0 aliphatic heterocycles. The van der Waals surface area contributed by atoms with Crippen molar-refractivity contribution in [2.24, 2.45) is 0 Å². The maximum atomic E-state index is 12.2. The molecule has 6 heteroatoms. The number of hydrogen-bond donors (Lipinski definition) is 2. The zero-order chi connectivity index (χ0) is 17.5. The highest BCUT2D eigenvalue weighted by molar-refractivity contribution is 5.97. The fourth-order valence-electron chi connectivity index (χ4n) is 2.07. The molecule has 2 N–H and O–H groups in total. The SMILES string of the molecule is CCC(C)NC(=O)c1ccnc(Nc2ccccc2C(=O)OC)c1. The standard InChI is InChI=1S/C18H21N3O3/c1-4-12(2)20-17(22)13-9-10-19-16(11-13)21-15-8-6-5-7-14(15)18(23)24-3/h5-12H,4H2,1-3H3,(H,19,21)(H,20,22). The van der Waals surface area contributed by atoms with Crippen molar-refractivity contribution in [1.29, 1.82) is 0 Å². The Morgan fingerprint density at radius 1 is 1.25 bits per heavy atom. The Hall–Kier alpha value is -2.89. The maximum Gasteiger partial charge on any atom is 0.339 e. The van der Waals surface area contributed by atoms with Crippen molar-refractivity contribution in [3.8, 4) is 0 Å². The minimum Gasteiger partial charge on any atom is -0.465 e. The van der Waals surface area contributed by atoms with Gasteiger partial charge in [-0.2, -0.15) is 0 Å². The molecule has 0 aliphatic carbocycles. The van der Waals surface area contributed by atoms with Gasteiger partial charge in [0.15, 0.2) is 0 Å². The number of para-hydroxylation sites is 1. The van der Waals surface area contributed by atoms with E-state index in [1.807, 2.05) is 13.8 Å². The third kappa shape index (κ3) is 4.32. The fraction of sp³-hybridized carbons (Fsp3) is 0.278. The first-order valence-corrected chi connectivity index (χ1v) is 7.76. The fourth-order valence-corrected chi connectivity index (χ4v) is 2.07. The first-order valence-electron chi connectivity index (χ1n) is 7.76. The molecule has 6 nitrogen and oxygen atoms in total. The Morgan fingerprint density at radius 2 is 2.00 bits per heavy atom. The zero-order valence-electron chi connectivity index (χ0n) is 14.0. The lowest BCUT2D eigenvalue weighted by molar-refractivity contribution is 0.0601. The van der Waals surface area contributed by atoms with Crippen molar-refractivity contribution in [3.05, 3.63) is 53.7 Å². The molecule has 1 unspecified atom stereocenters. The number of carbonyl (C=O) groups is 2. The molecule has 2 rings (SSSR count). The zero-order valence-corrected chi connectivity index (χ0v) is 14.0. The van der Waals surface area contributed by atoms with Gasteiger partial charge < -0.3 is 15.4 Å². The van der Waals surface area contributed by atoms with E-state index in [1.165, 1.54) is 7.11 Å². The first kappa shape index (κ1) is 17.5. The molecule has 24 heavy (non-hydrogen) atoms. The number of hydrogen-bond acceptors (Lipinski definition) is 5. The van der Waals surface area contributed by atoms with Gasteiger partial charge in [-0.25, -0.2) is 9.78 Å². The first-order chi connectivity index (χ1) is 11.5. The molecule has 1 aromatic heterocycles. The van der Waals surface area contributed by atoms with Crippen LogP contribution in [0, 0.1) is 0 Å². The quantitative estimate of drug-likeness (QED) is 0.797. The summed E-state index contributed by atoms with van der Waals surface area (Å²) in [6, 6.07) is 10.4. The number of benzene rings is 1. The number of rotatable bonds is 6. The van der Waals surface area contributed by atoms with Crippen LogP contribution < -0.4 is 10.6 Å². The van der Waals surface area contributed by atoms with Gasteiger partial charge >= 0.3 is 5.97 Å². The molecular weight excluding hydrogens is 306 g/mol. The van der Waals surface area contributed by atoms with Crippen LogP contribution in [0.1, 0.15) is 41.0 Å². The summed E-state index contributed by atoms with van der Waals surface area (Å²) >= 11 is 0. The molecule has 0 radical (unpaired) electrons.